The van der Waals surface area contributed by atoms with Crippen molar-refractivity contribution in [1.29, 1.82) is 0 Å². The van der Waals surface area contributed by atoms with Gasteiger partial charge in [-0.1, -0.05) is 30.3 Å². The van der Waals surface area contributed by atoms with Crippen LogP contribution in [0.4, 0.5) is 0 Å². The zero-order chi connectivity index (χ0) is 13.2. The van der Waals surface area contributed by atoms with Gasteiger partial charge in [0.25, 0.3) is 0 Å². The quantitative estimate of drug-likeness (QED) is 0.775. The van der Waals surface area contributed by atoms with E-state index in [0.29, 0.717) is 6.04 Å². The number of rotatable bonds is 2. The minimum absolute atomic E-state index is 0.0550. The third-order valence-electron chi connectivity index (χ3n) is 4.21. The van der Waals surface area contributed by atoms with Crippen molar-refractivity contribution in [1.82, 2.24) is 9.80 Å². The maximum absolute atomic E-state index is 12.5. The van der Waals surface area contributed by atoms with Crippen LogP contribution in [0.5, 0.6) is 0 Å². The number of alkyl halides is 1. The Morgan fingerprint density at radius 1 is 1.21 bits per heavy atom. The smallest absolute Gasteiger partial charge is 0.245 e. The van der Waals surface area contributed by atoms with Crippen LogP contribution in [-0.2, 0) is 4.79 Å². The highest BCUT2D eigenvalue weighted by Gasteiger charge is 2.34. The van der Waals surface area contributed by atoms with E-state index >= 15 is 0 Å². The van der Waals surface area contributed by atoms with Gasteiger partial charge in [-0.3, -0.25) is 9.69 Å². The maximum Gasteiger partial charge on any atom is 0.245 e. The standard InChI is InChI=1S/C15H19ClN2O/c16-14(12-5-2-1-3-6-12)15(19)18-10-9-17-8-4-7-13(17)11-18/h1-3,5-6,13-14H,4,7-11H2. The highest BCUT2D eigenvalue weighted by atomic mass is 35.5. The van der Waals surface area contributed by atoms with Crippen LogP contribution in [-0.4, -0.2) is 47.9 Å². The van der Waals surface area contributed by atoms with Crippen LogP contribution in [0.1, 0.15) is 23.8 Å². The Kier molecular flexibility index (Phi) is 3.76. The first-order valence-corrected chi connectivity index (χ1v) is 7.41. The highest BCUT2D eigenvalue weighted by molar-refractivity contribution is 6.30. The van der Waals surface area contributed by atoms with E-state index in [1.165, 1.54) is 19.4 Å². The summed E-state index contributed by atoms with van der Waals surface area (Å²) in [5, 5.41) is -0.547. The molecule has 2 fully saturated rings. The van der Waals surface area contributed by atoms with E-state index in [4.69, 9.17) is 11.6 Å². The molecule has 1 aromatic rings. The largest absolute Gasteiger partial charge is 0.338 e. The highest BCUT2D eigenvalue weighted by Crippen LogP contribution is 2.27. The van der Waals surface area contributed by atoms with Gasteiger partial charge in [-0.05, 0) is 24.9 Å². The van der Waals surface area contributed by atoms with Gasteiger partial charge in [-0.25, -0.2) is 0 Å². The van der Waals surface area contributed by atoms with Gasteiger partial charge >= 0.3 is 0 Å². The molecule has 2 unspecified atom stereocenters. The molecule has 4 heteroatoms. The van der Waals surface area contributed by atoms with Crippen molar-refractivity contribution in [2.45, 2.75) is 24.3 Å². The van der Waals surface area contributed by atoms with Crippen LogP contribution in [0, 0.1) is 0 Å². The molecule has 0 bridgehead atoms. The Balaban J connectivity index is 1.67. The number of hydrogen-bond acceptors (Lipinski definition) is 2. The van der Waals surface area contributed by atoms with E-state index in [2.05, 4.69) is 4.90 Å². The summed E-state index contributed by atoms with van der Waals surface area (Å²) in [7, 11) is 0. The summed E-state index contributed by atoms with van der Waals surface area (Å²) in [5.74, 6) is 0.0550. The minimum Gasteiger partial charge on any atom is -0.338 e. The van der Waals surface area contributed by atoms with E-state index in [1.807, 2.05) is 35.2 Å². The van der Waals surface area contributed by atoms with Crippen LogP contribution in [0.2, 0.25) is 0 Å². The van der Waals surface area contributed by atoms with E-state index in [0.717, 1.165) is 25.2 Å². The molecule has 19 heavy (non-hydrogen) atoms. The van der Waals surface area contributed by atoms with Gasteiger partial charge in [0, 0.05) is 25.7 Å². The topological polar surface area (TPSA) is 23.6 Å². The van der Waals surface area contributed by atoms with E-state index in [1.54, 1.807) is 0 Å². The predicted molar refractivity (Wildman–Crippen MR) is 76.2 cm³/mol. The minimum atomic E-state index is -0.547. The number of nitrogens with zero attached hydrogens (tertiary/aromatic N) is 2. The molecule has 0 spiro atoms. The Morgan fingerprint density at radius 2 is 2.00 bits per heavy atom. The third-order valence-corrected chi connectivity index (χ3v) is 4.65. The number of fused-ring (bicyclic) bond motifs is 1. The lowest BCUT2D eigenvalue weighted by Gasteiger charge is -2.38. The molecule has 102 valence electrons. The Morgan fingerprint density at radius 3 is 2.79 bits per heavy atom. The SMILES string of the molecule is O=C(C(Cl)c1ccccc1)N1CCN2CCCC2C1. The molecular weight excluding hydrogens is 260 g/mol. The summed E-state index contributed by atoms with van der Waals surface area (Å²) in [4.78, 5) is 16.9. The number of amides is 1. The first-order chi connectivity index (χ1) is 9.25. The number of hydrogen-bond donors (Lipinski definition) is 0. The van der Waals surface area contributed by atoms with Crippen LogP contribution in [0.15, 0.2) is 30.3 Å². The van der Waals surface area contributed by atoms with E-state index in [-0.39, 0.29) is 5.91 Å². The summed E-state index contributed by atoms with van der Waals surface area (Å²) < 4.78 is 0. The first kappa shape index (κ1) is 12.9. The molecule has 2 aliphatic heterocycles. The second-order valence-electron chi connectivity index (χ2n) is 5.39. The number of piperazine rings is 1. The van der Waals surface area contributed by atoms with Crippen molar-refractivity contribution in [3.05, 3.63) is 35.9 Å². The van der Waals surface area contributed by atoms with Crippen molar-refractivity contribution in [3.8, 4) is 0 Å². The molecule has 1 aromatic carbocycles. The number of carbonyl (C=O) groups excluding carboxylic acids is 1. The zero-order valence-electron chi connectivity index (χ0n) is 11.0. The van der Waals surface area contributed by atoms with Gasteiger partial charge < -0.3 is 4.90 Å². The molecule has 0 aliphatic carbocycles. The molecule has 3 nitrogen and oxygen atoms in total. The summed E-state index contributed by atoms with van der Waals surface area (Å²) in [6, 6.07) is 10.2. The Hall–Kier alpha value is -1.06. The lowest BCUT2D eigenvalue weighted by Crippen LogP contribution is -2.52. The van der Waals surface area contributed by atoms with Crippen LogP contribution in [0.3, 0.4) is 0 Å². The first-order valence-electron chi connectivity index (χ1n) is 6.97. The Bertz CT molecular complexity index is 451. The van der Waals surface area contributed by atoms with Crippen LogP contribution < -0.4 is 0 Å². The van der Waals surface area contributed by atoms with Gasteiger partial charge in [0.2, 0.25) is 5.91 Å². The van der Waals surface area contributed by atoms with E-state index in [9.17, 15) is 4.79 Å². The second kappa shape index (κ2) is 5.51. The van der Waals surface area contributed by atoms with Gasteiger partial charge in [-0.2, -0.15) is 0 Å². The van der Waals surface area contributed by atoms with Gasteiger partial charge in [-0.15, -0.1) is 11.6 Å². The van der Waals surface area contributed by atoms with Gasteiger partial charge in [0.05, 0.1) is 0 Å². The molecule has 0 saturated carbocycles. The summed E-state index contributed by atoms with van der Waals surface area (Å²) in [6.45, 7) is 3.84. The molecule has 2 aliphatic rings. The monoisotopic (exact) mass is 278 g/mol. The fraction of sp³-hybridized carbons (Fsp3) is 0.533. The maximum atomic E-state index is 12.5. The van der Waals surface area contributed by atoms with Crippen molar-refractivity contribution < 1.29 is 4.79 Å². The van der Waals surface area contributed by atoms with Crippen LogP contribution >= 0.6 is 11.6 Å². The number of halogens is 1. The second-order valence-corrected chi connectivity index (χ2v) is 5.83. The molecule has 1 amide bonds. The lowest BCUT2D eigenvalue weighted by atomic mass is 10.1. The molecular formula is C15H19ClN2O. The average Bonchev–Trinajstić information content (AvgIpc) is 2.94. The third kappa shape index (κ3) is 2.63. The molecule has 0 radical (unpaired) electrons. The molecule has 3 rings (SSSR count). The fourth-order valence-electron chi connectivity index (χ4n) is 3.12. The number of benzene rings is 1. The molecule has 2 heterocycles. The van der Waals surface area contributed by atoms with Gasteiger partial charge in [0.15, 0.2) is 0 Å². The molecule has 2 saturated heterocycles. The summed E-state index contributed by atoms with van der Waals surface area (Å²) in [6.07, 6.45) is 2.47. The van der Waals surface area contributed by atoms with Crippen molar-refractivity contribution in [2.24, 2.45) is 0 Å². The molecule has 0 N–H and O–H groups in total. The van der Waals surface area contributed by atoms with Gasteiger partial charge in [0.1, 0.15) is 5.38 Å². The van der Waals surface area contributed by atoms with Crippen molar-refractivity contribution in [2.75, 3.05) is 26.2 Å². The number of carbonyl (C=O) groups is 1. The van der Waals surface area contributed by atoms with E-state index < -0.39 is 5.38 Å². The van der Waals surface area contributed by atoms with Crippen molar-refractivity contribution >= 4 is 17.5 Å². The summed E-state index contributed by atoms with van der Waals surface area (Å²) >= 11 is 6.33. The molecule has 0 aromatic heterocycles. The Labute approximate surface area is 119 Å². The average molecular weight is 279 g/mol. The lowest BCUT2D eigenvalue weighted by molar-refractivity contribution is -0.133. The van der Waals surface area contributed by atoms with Crippen LogP contribution in [0.25, 0.3) is 0 Å². The van der Waals surface area contributed by atoms with Crippen molar-refractivity contribution in [3.63, 3.8) is 0 Å². The summed E-state index contributed by atoms with van der Waals surface area (Å²) in [5.41, 5.74) is 0.892. The normalized spacial score (nSPS) is 25.1. The predicted octanol–water partition coefficient (Wildman–Crippen LogP) is 2.27. The zero-order valence-corrected chi connectivity index (χ0v) is 11.7. The molecule has 2 atom stereocenters. The fourth-order valence-corrected chi connectivity index (χ4v) is 3.40.